The molecule has 0 radical (unpaired) electrons. The summed E-state index contributed by atoms with van der Waals surface area (Å²) in [7, 11) is 3.57. The second-order valence-electron chi connectivity index (χ2n) is 4.39. The Labute approximate surface area is 110 Å². The van der Waals surface area contributed by atoms with Crippen LogP contribution in [0.5, 0.6) is 0 Å². The van der Waals surface area contributed by atoms with E-state index in [0.717, 1.165) is 16.8 Å². The number of aromatic nitrogens is 3. The lowest BCUT2D eigenvalue weighted by Gasteiger charge is -2.10. The summed E-state index contributed by atoms with van der Waals surface area (Å²) in [6.07, 6.45) is 1.99. The van der Waals surface area contributed by atoms with E-state index in [1.165, 1.54) is 0 Å². The maximum atomic E-state index is 11.7. The number of benzene rings is 1. The van der Waals surface area contributed by atoms with E-state index < -0.39 is 0 Å². The van der Waals surface area contributed by atoms with Gasteiger partial charge in [-0.1, -0.05) is 0 Å². The summed E-state index contributed by atoms with van der Waals surface area (Å²) in [5.41, 5.74) is 2.82. The van der Waals surface area contributed by atoms with Crippen LogP contribution < -0.4 is 10.2 Å². The monoisotopic (exact) mass is 255 g/mol. The third-order valence-corrected chi connectivity index (χ3v) is 3.23. The number of nitrogens with zero attached hydrogens (tertiary/aromatic N) is 4. The summed E-state index contributed by atoms with van der Waals surface area (Å²) in [4.78, 5) is 17.7. The van der Waals surface area contributed by atoms with Crippen LogP contribution in [0.15, 0.2) is 24.4 Å². The molecule has 0 fully saturated rings. The lowest BCUT2D eigenvalue weighted by atomic mass is 10.1. The lowest BCUT2D eigenvalue weighted by Crippen LogP contribution is -2.20. The van der Waals surface area contributed by atoms with Crippen molar-refractivity contribution in [3.8, 4) is 11.4 Å². The Morgan fingerprint density at radius 3 is 3.00 bits per heavy atom. The van der Waals surface area contributed by atoms with Crippen LogP contribution in [-0.2, 0) is 11.2 Å². The molecule has 19 heavy (non-hydrogen) atoms. The summed E-state index contributed by atoms with van der Waals surface area (Å²) in [5.74, 6) is 1.32. The predicted molar refractivity (Wildman–Crippen MR) is 71.9 cm³/mol. The third kappa shape index (κ3) is 1.91. The first-order valence-corrected chi connectivity index (χ1v) is 5.96. The summed E-state index contributed by atoms with van der Waals surface area (Å²) < 4.78 is 0. The van der Waals surface area contributed by atoms with Crippen LogP contribution in [-0.4, -0.2) is 35.2 Å². The van der Waals surface area contributed by atoms with E-state index >= 15 is 0 Å². The van der Waals surface area contributed by atoms with Crippen molar-refractivity contribution in [2.45, 2.75) is 6.42 Å². The molecule has 2 heterocycles. The second kappa shape index (κ2) is 4.31. The average molecular weight is 255 g/mol. The van der Waals surface area contributed by atoms with Gasteiger partial charge in [-0.15, -0.1) is 5.10 Å². The van der Waals surface area contributed by atoms with Crippen molar-refractivity contribution in [1.82, 2.24) is 15.2 Å². The zero-order chi connectivity index (χ0) is 13.4. The van der Waals surface area contributed by atoms with Gasteiger partial charge >= 0.3 is 0 Å². The molecule has 0 aliphatic carbocycles. The van der Waals surface area contributed by atoms with E-state index in [-0.39, 0.29) is 5.91 Å². The van der Waals surface area contributed by atoms with Crippen molar-refractivity contribution >= 4 is 17.4 Å². The molecule has 0 spiro atoms. The maximum Gasteiger partial charge on any atom is 0.231 e. The normalized spacial score (nSPS) is 13.6. The van der Waals surface area contributed by atoms with Gasteiger partial charge in [-0.05, 0) is 23.8 Å². The number of amides is 1. The molecule has 96 valence electrons. The molecule has 3 rings (SSSR count). The maximum absolute atomic E-state index is 11.7. The number of hydrogen-bond donors (Lipinski definition) is 1. The average Bonchev–Trinajstić information content (AvgIpc) is 2.73. The summed E-state index contributed by atoms with van der Waals surface area (Å²) in [6, 6.07) is 5.78. The highest BCUT2D eigenvalue weighted by atomic mass is 16.2. The highest BCUT2D eigenvalue weighted by Crippen LogP contribution is 2.30. The molecule has 1 aromatic heterocycles. The van der Waals surface area contributed by atoms with Gasteiger partial charge in [0.1, 0.15) is 5.82 Å². The first kappa shape index (κ1) is 11.6. The zero-order valence-corrected chi connectivity index (χ0v) is 10.7. The molecular formula is C13H13N5O. The fraction of sp³-hybridized carbons (Fsp3) is 0.231. The molecule has 0 saturated heterocycles. The Bertz CT molecular complexity index is 655. The van der Waals surface area contributed by atoms with Crippen LogP contribution in [0.4, 0.5) is 11.5 Å². The van der Waals surface area contributed by atoms with Gasteiger partial charge in [-0.3, -0.25) is 4.79 Å². The third-order valence-electron chi connectivity index (χ3n) is 3.23. The van der Waals surface area contributed by atoms with Gasteiger partial charge in [0, 0.05) is 25.3 Å². The first-order valence-electron chi connectivity index (χ1n) is 5.96. The molecule has 1 aliphatic rings. The van der Waals surface area contributed by atoms with E-state index in [9.17, 15) is 4.79 Å². The van der Waals surface area contributed by atoms with Gasteiger partial charge < -0.3 is 10.2 Å². The summed E-state index contributed by atoms with van der Waals surface area (Å²) >= 11 is 0. The van der Waals surface area contributed by atoms with E-state index in [2.05, 4.69) is 20.5 Å². The SMILES string of the molecule is CNc1cnnc(-c2ccc3c(c2)CC(=O)N3C)n1. The number of likely N-dealkylation sites (N-methyl/N-ethyl adjacent to an activating group) is 1. The van der Waals surface area contributed by atoms with Gasteiger partial charge in [-0.2, -0.15) is 5.10 Å². The Kier molecular flexibility index (Phi) is 2.63. The minimum atomic E-state index is 0.107. The number of rotatable bonds is 2. The molecule has 1 amide bonds. The number of hydrogen-bond acceptors (Lipinski definition) is 5. The van der Waals surface area contributed by atoms with Crippen LogP contribution in [0.1, 0.15) is 5.56 Å². The number of nitrogens with one attached hydrogen (secondary N) is 1. The minimum absolute atomic E-state index is 0.107. The van der Waals surface area contributed by atoms with Crippen LogP contribution in [0.3, 0.4) is 0 Å². The molecule has 0 unspecified atom stereocenters. The summed E-state index contributed by atoms with van der Waals surface area (Å²) in [6.45, 7) is 0. The van der Waals surface area contributed by atoms with Crippen molar-refractivity contribution in [3.05, 3.63) is 30.0 Å². The van der Waals surface area contributed by atoms with Gasteiger partial charge in [0.05, 0.1) is 12.6 Å². The fourth-order valence-corrected chi connectivity index (χ4v) is 2.16. The fourth-order valence-electron chi connectivity index (χ4n) is 2.16. The highest BCUT2D eigenvalue weighted by molar-refractivity contribution is 6.01. The molecule has 0 bridgehead atoms. The van der Waals surface area contributed by atoms with Crippen LogP contribution >= 0.6 is 0 Å². The minimum Gasteiger partial charge on any atom is -0.372 e. The van der Waals surface area contributed by atoms with Gasteiger partial charge in [-0.25, -0.2) is 4.98 Å². The smallest absolute Gasteiger partial charge is 0.231 e. The molecule has 1 aliphatic heterocycles. The number of carbonyl (C=O) groups excluding carboxylic acids is 1. The Morgan fingerprint density at radius 2 is 2.21 bits per heavy atom. The number of carbonyl (C=O) groups is 1. The number of anilines is 2. The van der Waals surface area contributed by atoms with E-state index in [1.807, 2.05) is 18.2 Å². The van der Waals surface area contributed by atoms with Crippen LogP contribution in [0, 0.1) is 0 Å². The molecular weight excluding hydrogens is 242 g/mol. The molecule has 6 nitrogen and oxygen atoms in total. The lowest BCUT2D eigenvalue weighted by molar-refractivity contribution is -0.117. The van der Waals surface area contributed by atoms with Crippen molar-refractivity contribution in [3.63, 3.8) is 0 Å². The molecule has 6 heteroatoms. The molecule has 1 N–H and O–H groups in total. The van der Waals surface area contributed by atoms with Crippen molar-refractivity contribution in [2.24, 2.45) is 0 Å². The van der Waals surface area contributed by atoms with Gasteiger partial charge in [0.15, 0.2) is 5.82 Å². The van der Waals surface area contributed by atoms with Crippen LogP contribution in [0.25, 0.3) is 11.4 Å². The van der Waals surface area contributed by atoms with Crippen molar-refractivity contribution in [1.29, 1.82) is 0 Å². The molecule has 0 atom stereocenters. The van der Waals surface area contributed by atoms with E-state index in [4.69, 9.17) is 0 Å². The molecule has 2 aromatic rings. The second-order valence-corrected chi connectivity index (χ2v) is 4.39. The predicted octanol–water partition coefficient (Wildman–Crippen LogP) is 1.10. The van der Waals surface area contributed by atoms with E-state index in [0.29, 0.717) is 18.1 Å². The Balaban J connectivity index is 2.03. The van der Waals surface area contributed by atoms with Crippen LogP contribution in [0.2, 0.25) is 0 Å². The van der Waals surface area contributed by atoms with Crippen molar-refractivity contribution < 1.29 is 4.79 Å². The molecule has 1 aromatic carbocycles. The standard InChI is InChI=1S/C13H13N5O/c1-14-11-7-15-17-13(16-11)8-3-4-10-9(5-8)6-12(19)18(10)2/h3-5,7H,6H2,1-2H3,(H,14,16,17). The van der Waals surface area contributed by atoms with Gasteiger partial charge in [0.2, 0.25) is 5.91 Å². The molecule has 0 saturated carbocycles. The van der Waals surface area contributed by atoms with E-state index in [1.54, 1.807) is 25.2 Å². The zero-order valence-electron chi connectivity index (χ0n) is 10.7. The quantitative estimate of drug-likeness (QED) is 0.870. The largest absolute Gasteiger partial charge is 0.372 e. The number of fused-ring (bicyclic) bond motifs is 1. The highest BCUT2D eigenvalue weighted by Gasteiger charge is 2.24. The summed E-state index contributed by atoms with van der Waals surface area (Å²) in [5, 5.41) is 10.9. The van der Waals surface area contributed by atoms with Crippen molar-refractivity contribution in [2.75, 3.05) is 24.3 Å². The van der Waals surface area contributed by atoms with Gasteiger partial charge in [0.25, 0.3) is 0 Å². The topological polar surface area (TPSA) is 71.0 Å². The Hall–Kier alpha value is -2.50. The first-order chi connectivity index (χ1) is 9.19. The Morgan fingerprint density at radius 1 is 1.37 bits per heavy atom.